The van der Waals surface area contributed by atoms with Crippen molar-refractivity contribution in [1.82, 2.24) is 10.3 Å². The number of aryl methyl sites for hydroxylation is 2. The Balaban J connectivity index is 1.71. The maximum Gasteiger partial charge on any atom is 0.160 e. The van der Waals surface area contributed by atoms with Gasteiger partial charge in [-0.05, 0) is 67.6 Å². The Kier molecular flexibility index (Phi) is 4.37. The number of fused-ring (bicyclic) bond motifs is 3. The van der Waals surface area contributed by atoms with Gasteiger partial charge in [0, 0.05) is 16.6 Å². The minimum Gasteiger partial charge on any atom is -0.493 e. The topological polar surface area (TPSA) is 46.3 Å². The average molecular weight is 350 g/mol. The maximum atomic E-state index is 5.46. The minimum atomic E-state index is 0.281. The maximum absolute atomic E-state index is 5.46. The molecule has 1 aliphatic rings. The minimum absolute atomic E-state index is 0.281. The molecule has 2 N–H and O–H groups in total. The predicted octanol–water partition coefficient (Wildman–Crippen LogP) is 4.23. The third kappa shape index (κ3) is 2.74. The average Bonchev–Trinajstić information content (AvgIpc) is 3.05. The molecule has 0 bridgehead atoms. The molecule has 0 aliphatic carbocycles. The molecule has 3 aromatic rings. The highest BCUT2D eigenvalue weighted by molar-refractivity contribution is 5.88. The molecule has 1 aromatic heterocycles. The molecule has 2 aromatic carbocycles. The normalized spacial score (nSPS) is 16.5. The highest BCUT2D eigenvalue weighted by atomic mass is 16.5. The summed E-state index contributed by atoms with van der Waals surface area (Å²) in [6, 6.07) is 11.0. The van der Waals surface area contributed by atoms with Crippen molar-refractivity contribution in [2.24, 2.45) is 0 Å². The largest absolute Gasteiger partial charge is 0.493 e. The summed E-state index contributed by atoms with van der Waals surface area (Å²) in [4.78, 5) is 3.73. The molecule has 0 saturated heterocycles. The Labute approximate surface area is 154 Å². The fourth-order valence-corrected chi connectivity index (χ4v) is 4.04. The lowest BCUT2D eigenvalue weighted by atomic mass is 9.94. The van der Waals surface area contributed by atoms with Gasteiger partial charge in [0.05, 0.1) is 20.3 Å². The SMILES string of the molecule is COc1ccc(CC2NCCc3c2[nH]c2c(C)c(C)ccc32)cc1OC. The highest BCUT2D eigenvalue weighted by Gasteiger charge is 2.25. The lowest BCUT2D eigenvalue weighted by Crippen LogP contribution is -2.31. The Morgan fingerprint density at radius 3 is 2.62 bits per heavy atom. The van der Waals surface area contributed by atoms with Crippen LogP contribution >= 0.6 is 0 Å². The van der Waals surface area contributed by atoms with Crippen LogP contribution in [0, 0.1) is 13.8 Å². The summed E-state index contributed by atoms with van der Waals surface area (Å²) < 4.78 is 10.8. The van der Waals surface area contributed by atoms with Crippen molar-refractivity contribution in [3.8, 4) is 11.5 Å². The monoisotopic (exact) mass is 350 g/mol. The second-order valence-electron chi connectivity index (χ2n) is 7.10. The number of benzene rings is 2. The zero-order valence-corrected chi connectivity index (χ0v) is 15.9. The number of nitrogens with one attached hydrogen (secondary N) is 2. The van der Waals surface area contributed by atoms with E-state index in [0.717, 1.165) is 30.9 Å². The van der Waals surface area contributed by atoms with Crippen molar-refractivity contribution in [3.05, 3.63) is 58.3 Å². The van der Waals surface area contributed by atoms with Gasteiger partial charge in [0.25, 0.3) is 0 Å². The van der Waals surface area contributed by atoms with E-state index in [2.05, 4.69) is 48.4 Å². The quantitative estimate of drug-likeness (QED) is 0.740. The second-order valence-corrected chi connectivity index (χ2v) is 7.10. The van der Waals surface area contributed by atoms with Gasteiger partial charge >= 0.3 is 0 Å². The van der Waals surface area contributed by atoms with Crippen molar-refractivity contribution in [2.45, 2.75) is 32.7 Å². The van der Waals surface area contributed by atoms with Gasteiger partial charge < -0.3 is 19.8 Å². The molecular formula is C22H26N2O2. The molecule has 4 heteroatoms. The summed E-state index contributed by atoms with van der Waals surface area (Å²) in [6.07, 6.45) is 1.98. The summed E-state index contributed by atoms with van der Waals surface area (Å²) in [5.74, 6) is 1.55. The molecule has 4 rings (SSSR count). The predicted molar refractivity (Wildman–Crippen MR) is 105 cm³/mol. The number of hydrogen-bond donors (Lipinski definition) is 2. The van der Waals surface area contributed by atoms with Gasteiger partial charge in [-0.25, -0.2) is 0 Å². The molecule has 4 nitrogen and oxygen atoms in total. The first-order valence-electron chi connectivity index (χ1n) is 9.17. The lowest BCUT2D eigenvalue weighted by molar-refractivity contribution is 0.354. The third-order valence-electron chi connectivity index (χ3n) is 5.65. The van der Waals surface area contributed by atoms with Gasteiger partial charge in [0.2, 0.25) is 0 Å². The van der Waals surface area contributed by atoms with Crippen LogP contribution in [0.4, 0.5) is 0 Å². The zero-order valence-electron chi connectivity index (χ0n) is 15.9. The summed E-state index contributed by atoms with van der Waals surface area (Å²) in [5.41, 5.74) is 8.00. The number of hydrogen-bond acceptors (Lipinski definition) is 3. The van der Waals surface area contributed by atoms with Gasteiger partial charge in [-0.15, -0.1) is 0 Å². The zero-order chi connectivity index (χ0) is 18.3. The number of H-pyrrole nitrogens is 1. The Hall–Kier alpha value is -2.46. The van der Waals surface area contributed by atoms with Crippen molar-refractivity contribution >= 4 is 10.9 Å². The molecule has 2 heterocycles. The number of aromatic nitrogens is 1. The fraction of sp³-hybridized carbons (Fsp3) is 0.364. The molecule has 26 heavy (non-hydrogen) atoms. The van der Waals surface area contributed by atoms with Crippen molar-refractivity contribution in [2.75, 3.05) is 20.8 Å². The van der Waals surface area contributed by atoms with Crippen LogP contribution in [0.3, 0.4) is 0 Å². The van der Waals surface area contributed by atoms with Crippen molar-refractivity contribution < 1.29 is 9.47 Å². The summed E-state index contributed by atoms with van der Waals surface area (Å²) in [5, 5.41) is 5.06. The molecule has 0 amide bonds. The van der Waals surface area contributed by atoms with E-state index in [1.807, 2.05) is 6.07 Å². The highest BCUT2D eigenvalue weighted by Crippen LogP contribution is 2.35. The summed E-state index contributed by atoms with van der Waals surface area (Å²) in [7, 11) is 3.35. The van der Waals surface area contributed by atoms with E-state index >= 15 is 0 Å². The molecule has 0 spiro atoms. The molecule has 0 saturated carbocycles. The lowest BCUT2D eigenvalue weighted by Gasteiger charge is -2.25. The molecule has 1 aliphatic heterocycles. The van der Waals surface area contributed by atoms with Crippen LogP contribution in [0.2, 0.25) is 0 Å². The van der Waals surface area contributed by atoms with Crippen LogP contribution in [0.25, 0.3) is 10.9 Å². The number of methoxy groups -OCH3 is 2. The Morgan fingerprint density at radius 1 is 1.04 bits per heavy atom. The first-order chi connectivity index (χ1) is 12.6. The number of rotatable bonds is 4. The van der Waals surface area contributed by atoms with E-state index < -0.39 is 0 Å². The van der Waals surface area contributed by atoms with Gasteiger partial charge in [0.1, 0.15) is 0 Å². The van der Waals surface area contributed by atoms with Gasteiger partial charge in [-0.1, -0.05) is 18.2 Å². The molecule has 0 radical (unpaired) electrons. The van der Waals surface area contributed by atoms with Crippen LogP contribution < -0.4 is 14.8 Å². The standard InChI is InChI=1S/C22H26N2O2/c1-13-5-7-16-17-9-10-23-18(22(17)24-21(16)14(13)2)11-15-6-8-19(25-3)20(12-15)26-4/h5-8,12,18,23-24H,9-11H2,1-4H3. The van der Waals surface area contributed by atoms with E-state index in [0.29, 0.717) is 0 Å². The van der Waals surface area contributed by atoms with Crippen molar-refractivity contribution in [1.29, 1.82) is 0 Å². The first-order valence-corrected chi connectivity index (χ1v) is 9.17. The molecular weight excluding hydrogens is 324 g/mol. The molecule has 136 valence electrons. The van der Waals surface area contributed by atoms with E-state index in [4.69, 9.17) is 9.47 Å². The summed E-state index contributed by atoms with van der Waals surface area (Å²) in [6.45, 7) is 5.38. The van der Waals surface area contributed by atoms with E-state index in [-0.39, 0.29) is 6.04 Å². The van der Waals surface area contributed by atoms with Gasteiger partial charge in [0.15, 0.2) is 11.5 Å². The smallest absolute Gasteiger partial charge is 0.160 e. The summed E-state index contributed by atoms with van der Waals surface area (Å²) >= 11 is 0. The molecule has 1 unspecified atom stereocenters. The van der Waals surface area contributed by atoms with Crippen molar-refractivity contribution in [3.63, 3.8) is 0 Å². The van der Waals surface area contributed by atoms with Crippen LogP contribution in [0.5, 0.6) is 11.5 Å². The fourth-order valence-electron chi connectivity index (χ4n) is 4.04. The van der Waals surface area contributed by atoms with Crippen LogP contribution in [-0.4, -0.2) is 25.7 Å². The van der Waals surface area contributed by atoms with E-state index in [1.165, 1.54) is 38.9 Å². The number of ether oxygens (including phenoxy) is 2. The van der Waals surface area contributed by atoms with Crippen LogP contribution in [0.1, 0.15) is 34.0 Å². The Morgan fingerprint density at radius 2 is 1.85 bits per heavy atom. The first kappa shape index (κ1) is 17.0. The van der Waals surface area contributed by atoms with Gasteiger partial charge in [-0.3, -0.25) is 0 Å². The van der Waals surface area contributed by atoms with Crippen LogP contribution in [-0.2, 0) is 12.8 Å². The molecule has 0 fully saturated rings. The second kappa shape index (κ2) is 6.69. The van der Waals surface area contributed by atoms with E-state index in [1.54, 1.807) is 14.2 Å². The Bertz CT molecular complexity index is 958. The molecule has 1 atom stereocenters. The number of aromatic amines is 1. The van der Waals surface area contributed by atoms with Crippen LogP contribution in [0.15, 0.2) is 30.3 Å². The van der Waals surface area contributed by atoms with Gasteiger partial charge in [-0.2, -0.15) is 0 Å². The van der Waals surface area contributed by atoms with E-state index in [9.17, 15) is 0 Å². The third-order valence-corrected chi connectivity index (χ3v) is 5.65.